The predicted molar refractivity (Wildman–Crippen MR) is 26.5 cm³/mol. The van der Waals surface area contributed by atoms with Crippen molar-refractivity contribution in [1.82, 2.24) is 4.72 Å². The Morgan fingerprint density at radius 2 is 1.83 bits per heavy atom. The summed E-state index contributed by atoms with van der Waals surface area (Å²) in [6.45, 7) is 0. The normalized spacial score (nSPS) is 5.67. The Labute approximate surface area is 59.8 Å². The fraction of sp³-hybridized carbons (Fsp3) is 0. The van der Waals surface area contributed by atoms with Gasteiger partial charge in [-0.2, -0.15) is 0 Å². The van der Waals surface area contributed by atoms with Gasteiger partial charge in [-0.3, -0.25) is 9.52 Å². The molecule has 0 unspecified atom stereocenters. The molecule has 0 aromatic rings. The summed E-state index contributed by atoms with van der Waals surface area (Å²) in [7, 11) is 0. The van der Waals surface area contributed by atoms with Crippen molar-refractivity contribution in [3.05, 3.63) is 0 Å². The molecule has 32 valence electrons. The van der Waals surface area contributed by atoms with Gasteiger partial charge in [0.1, 0.15) is 0 Å². The minimum absolute atomic E-state index is 0. The van der Waals surface area contributed by atoms with Gasteiger partial charge in [0.25, 0.3) is 5.24 Å². The molecular formula is CH3NOS2Zn. The van der Waals surface area contributed by atoms with Crippen molar-refractivity contribution < 1.29 is 24.3 Å². The molecule has 0 aromatic carbocycles. The zero-order valence-electron chi connectivity index (χ0n) is 3.01. The van der Waals surface area contributed by atoms with Gasteiger partial charge < -0.3 is 0 Å². The molecule has 0 aliphatic heterocycles. The summed E-state index contributed by atoms with van der Waals surface area (Å²) in [5.41, 5.74) is 0. The standard InChI is InChI=1S/CH3NOS2.Zn/c3-1(4)2-5;/h5H,(H2,2,3,4);. The Morgan fingerprint density at radius 3 is 1.83 bits per heavy atom. The fourth-order valence-corrected chi connectivity index (χ4v) is 0. The van der Waals surface area contributed by atoms with Crippen LogP contribution in [-0.4, -0.2) is 5.24 Å². The summed E-state index contributed by atoms with van der Waals surface area (Å²) in [6, 6.07) is 0. The molecule has 0 fully saturated rings. The van der Waals surface area contributed by atoms with Gasteiger partial charge in [0, 0.05) is 19.5 Å². The van der Waals surface area contributed by atoms with E-state index in [0.29, 0.717) is 0 Å². The van der Waals surface area contributed by atoms with E-state index >= 15 is 0 Å². The van der Waals surface area contributed by atoms with Gasteiger partial charge in [-0.05, 0) is 0 Å². The zero-order chi connectivity index (χ0) is 4.28. The van der Waals surface area contributed by atoms with Crippen LogP contribution in [0, 0.1) is 0 Å². The molecule has 0 saturated carbocycles. The molecule has 0 rings (SSSR count). The van der Waals surface area contributed by atoms with Crippen molar-refractivity contribution in [3.63, 3.8) is 0 Å². The fourth-order valence-electron chi connectivity index (χ4n) is 0. The minimum Gasteiger partial charge on any atom is -0.294 e. The van der Waals surface area contributed by atoms with Crippen LogP contribution < -0.4 is 4.72 Å². The summed E-state index contributed by atoms with van der Waals surface area (Å²) in [5, 5.41) is -0.437. The second kappa shape index (κ2) is 5.79. The van der Waals surface area contributed by atoms with Crippen molar-refractivity contribution in [2.75, 3.05) is 0 Å². The Hall–Kier alpha value is 0.793. The first-order valence-electron chi connectivity index (χ1n) is 0.901. The molecule has 0 bridgehead atoms. The third-order valence-electron chi connectivity index (χ3n) is 0.0956. The van der Waals surface area contributed by atoms with Crippen molar-refractivity contribution in [3.8, 4) is 0 Å². The van der Waals surface area contributed by atoms with Crippen LogP contribution in [0.4, 0.5) is 4.79 Å². The Balaban J connectivity index is 0. The molecule has 1 amide bonds. The quantitative estimate of drug-likeness (QED) is 0.362. The van der Waals surface area contributed by atoms with Crippen LogP contribution >= 0.6 is 25.4 Å². The van der Waals surface area contributed by atoms with Crippen LogP contribution in [-0.2, 0) is 19.5 Å². The molecular weight excluding hydrogens is 172 g/mol. The predicted octanol–water partition coefficient (Wildman–Crippen LogP) is 0.468. The van der Waals surface area contributed by atoms with Gasteiger partial charge >= 0.3 is 0 Å². The van der Waals surface area contributed by atoms with Crippen LogP contribution in [0.2, 0.25) is 0 Å². The van der Waals surface area contributed by atoms with E-state index in [9.17, 15) is 4.79 Å². The van der Waals surface area contributed by atoms with Gasteiger partial charge in [-0.25, -0.2) is 0 Å². The van der Waals surface area contributed by atoms with E-state index in [1.54, 1.807) is 0 Å². The SMILES string of the molecule is O=C(S)NS.[Zn]. The van der Waals surface area contributed by atoms with Gasteiger partial charge in [0.15, 0.2) is 0 Å². The molecule has 1 N–H and O–H groups in total. The summed E-state index contributed by atoms with van der Waals surface area (Å²) < 4.78 is 1.95. The molecule has 0 aliphatic rings. The number of hydrogen-bond donors (Lipinski definition) is 3. The molecule has 0 spiro atoms. The third-order valence-corrected chi connectivity index (χ3v) is 0.587. The maximum absolute atomic E-state index is 9.49. The zero-order valence-corrected chi connectivity index (χ0v) is 7.77. The minimum atomic E-state index is -0.437. The third kappa shape index (κ3) is 8.84. The van der Waals surface area contributed by atoms with E-state index in [-0.39, 0.29) is 19.5 Å². The topological polar surface area (TPSA) is 29.1 Å². The summed E-state index contributed by atoms with van der Waals surface area (Å²) in [6.07, 6.45) is 0. The van der Waals surface area contributed by atoms with Crippen LogP contribution in [0.5, 0.6) is 0 Å². The first-order chi connectivity index (χ1) is 2.27. The Kier molecular flexibility index (Phi) is 9.58. The molecule has 0 aliphatic carbocycles. The van der Waals surface area contributed by atoms with Crippen LogP contribution in [0.3, 0.4) is 0 Å². The summed E-state index contributed by atoms with van der Waals surface area (Å²) in [4.78, 5) is 9.49. The van der Waals surface area contributed by atoms with Crippen LogP contribution in [0.25, 0.3) is 0 Å². The maximum Gasteiger partial charge on any atom is 0.285 e. The molecule has 0 atom stereocenters. The van der Waals surface area contributed by atoms with Crippen LogP contribution in [0.15, 0.2) is 0 Å². The van der Waals surface area contributed by atoms with Crippen molar-refractivity contribution >= 4 is 30.7 Å². The number of amides is 1. The number of carbonyl (C=O) groups excluding carboxylic acids is 1. The largest absolute Gasteiger partial charge is 0.294 e. The number of nitrogens with one attached hydrogen (secondary N) is 1. The van der Waals surface area contributed by atoms with E-state index in [1.807, 2.05) is 4.72 Å². The van der Waals surface area contributed by atoms with E-state index in [1.165, 1.54) is 0 Å². The van der Waals surface area contributed by atoms with Gasteiger partial charge in [0.2, 0.25) is 0 Å². The molecule has 0 aromatic heterocycles. The molecule has 0 radical (unpaired) electrons. The van der Waals surface area contributed by atoms with Crippen molar-refractivity contribution in [2.45, 2.75) is 0 Å². The first-order valence-corrected chi connectivity index (χ1v) is 1.80. The maximum atomic E-state index is 9.49. The molecule has 0 heterocycles. The van der Waals surface area contributed by atoms with Crippen LogP contribution in [0.1, 0.15) is 0 Å². The molecule has 5 heteroatoms. The van der Waals surface area contributed by atoms with E-state index < -0.39 is 5.24 Å². The first kappa shape index (κ1) is 9.92. The van der Waals surface area contributed by atoms with E-state index in [0.717, 1.165) is 0 Å². The van der Waals surface area contributed by atoms with E-state index in [2.05, 4.69) is 25.4 Å². The molecule has 0 saturated heterocycles. The number of hydrogen-bond acceptors (Lipinski definition) is 2. The summed E-state index contributed by atoms with van der Waals surface area (Å²) in [5.74, 6) is 0. The summed E-state index contributed by atoms with van der Waals surface area (Å²) >= 11 is 6.61. The average Bonchev–Trinajstić information content (AvgIpc) is 1.38. The Bertz CT molecular complexity index is 48.8. The van der Waals surface area contributed by atoms with E-state index in [4.69, 9.17) is 0 Å². The number of thiol groups is 2. The van der Waals surface area contributed by atoms with Gasteiger partial charge in [0.05, 0.1) is 0 Å². The number of rotatable bonds is 0. The monoisotopic (exact) mass is 173 g/mol. The Morgan fingerprint density at radius 1 is 1.67 bits per heavy atom. The van der Waals surface area contributed by atoms with Gasteiger partial charge in [-0.1, -0.05) is 25.4 Å². The second-order valence-corrected chi connectivity index (χ2v) is 1.05. The molecule has 6 heavy (non-hydrogen) atoms. The molecule has 2 nitrogen and oxygen atoms in total. The average molecular weight is 175 g/mol. The number of carbonyl (C=O) groups is 1. The smallest absolute Gasteiger partial charge is 0.285 e. The second-order valence-electron chi connectivity index (χ2n) is 0.417. The van der Waals surface area contributed by atoms with Crippen molar-refractivity contribution in [2.24, 2.45) is 0 Å². The van der Waals surface area contributed by atoms with Crippen molar-refractivity contribution in [1.29, 1.82) is 0 Å². The van der Waals surface area contributed by atoms with Gasteiger partial charge in [-0.15, -0.1) is 0 Å².